The Balaban J connectivity index is 2.55. The summed E-state index contributed by atoms with van der Waals surface area (Å²) in [6.45, 7) is 3.51. The van der Waals surface area contributed by atoms with E-state index in [0.29, 0.717) is 5.02 Å². The molecule has 0 amide bonds. The fourth-order valence-electron chi connectivity index (χ4n) is 2.42. The van der Waals surface area contributed by atoms with E-state index in [4.69, 9.17) is 27.5 Å². The fourth-order valence-corrected chi connectivity index (χ4v) is 2.61. The molecule has 0 bridgehead atoms. The quantitative estimate of drug-likeness (QED) is 0.630. The molecule has 1 heterocycles. The van der Waals surface area contributed by atoms with Gasteiger partial charge in [-0.2, -0.15) is 0 Å². The van der Waals surface area contributed by atoms with Crippen LogP contribution in [0.5, 0.6) is 0 Å². The highest BCUT2D eigenvalue weighted by Gasteiger charge is 2.54. The third kappa shape index (κ3) is 2.52. The van der Waals surface area contributed by atoms with Gasteiger partial charge in [-0.05, 0) is 31.5 Å². The van der Waals surface area contributed by atoms with E-state index in [2.05, 4.69) is 5.92 Å². The number of halogens is 1. The van der Waals surface area contributed by atoms with Crippen LogP contribution in [0.25, 0.3) is 0 Å². The van der Waals surface area contributed by atoms with Crippen molar-refractivity contribution >= 4 is 17.9 Å². The van der Waals surface area contributed by atoms with E-state index < -0.39 is 17.5 Å². The van der Waals surface area contributed by atoms with Crippen LogP contribution in [-0.2, 0) is 19.9 Å². The highest BCUT2D eigenvalue weighted by Crippen LogP contribution is 2.45. The lowest BCUT2D eigenvalue weighted by Gasteiger charge is -2.30. The maximum atomic E-state index is 11.3. The summed E-state index contributed by atoms with van der Waals surface area (Å²) in [6, 6.07) is 7.14. The smallest absolute Gasteiger partial charge is 0.165 e. The number of carbonyl (C=O) groups is 1. The van der Waals surface area contributed by atoms with Gasteiger partial charge in [0.05, 0.1) is 0 Å². The highest BCUT2D eigenvalue weighted by molar-refractivity contribution is 6.30. The van der Waals surface area contributed by atoms with E-state index in [9.17, 15) is 4.79 Å². The van der Waals surface area contributed by atoms with Crippen molar-refractivity contribution in [3.8, 4) is 12.3 Å². The van der Waals surface area contributed by atoms with Gasteiger partial charge in [0.2, 0.25) is 0 Å². The van der Waals surface area contributed by atoms with E-state index in [1.807, 2.05) is 6.07 Å². The molecule has 0 aliphatic carbocycles. The van der Waals surface area contributed by atoms with E-state index in [1.165, 1.54) is 0 Å². The molecule has 19 heavy (non-hydrogen) atoms. The molecular weight excluding hydrogens is 264 g/mol. The van der Waals surface area contributed by atoms with Gasteiger partial charge in [0.15, 0.2) is 18.2 Å². The number of aldehydes is 1. The Morgan fingerprint density at radius 1 is 1.53 bits per heavy atom. The number of carbonyl (C=O) groups excluding carboxylic acids is 1. The maximum absolute atomic E-state index is 11.3. The summed E-state index contributed by atoms with van der Waals surface area (Å²) in [7, 11) is 0. The van der Waals surface area contributed by atoms with Gasteiger partial charge in [-0.15, -0.1) is 12.3 Å². The summed E-state index contributed by atoms with van der Waals surface area (Å²) in [4.78, 5) is 11.3. The maximum Gasteiger partial charge on any atom is 0.165 e. The molecule has 100 valence electrons. The molecule has 1 fully saturated rings. The Morgan fingerprint density at radius 3 is 2.84 bits per heavy atom. The van der Waals surface area contributed by atoms with E-state index >= 15 is 0 Å². The van der Waals surface area contributed by atoms with Crippen LogP contribution >= 0.6 is 11.6 Å². The van der Waals surface area contributed by atoms with Gasteiger partial charge in [-0.25, -0.2) is 0 Å². The summed E-state index contributed by atoms with van der Waals surface area (Å²) in [5.74, 6) is 1.69. The van der Waals surface area contributed by atoms with Crippen molar-refractivity contribution in [3.63, 3.8) is 0 Å². The molecule has 3 nitrogen and oxygen atoms in total. The second kappa shape index (κ2) is 4.97. The average Bonchev–Trinajstić information content (AvgIpc) is 2.62. The molecule has 4 heteroatoms. The first-order valence-electron chi connectivity index (χ1n) is 5.96. The van der Waals surface area contributed by atoms with Crippen molar-refractivity contribution in [1.29, 1.82) is 0 Å². The topological polar surface area (TPSA) is 35.5 Å². The van der Waals surface area contributed by atoms with Crippen LogP contribution in [0.15, 0.2) is 24.3 Å². The molecule has 0 aromatic heterocycles. The first-order valence-corrected chi connectivity index (χ1v) is 6.34. The number of terminal acetylenes is 1. The van der Waals surface area contributed by atoms with Gasteiger partial charge in [0, 0.05) is 11.4 Å². The predicted octanol–water partition coefficient (Wildman–Crippen LogP) is 2.91. The predicted molar refractivity (Wildman–Crippen MR) is 72.7 cm³/mol. The van der Waals surface area contributed by atoms with Gasteiger partial charge in [-0.1, -0.05) is 23.7 Å². The Morgan fingerprint density at radius 2 is 2.26 bits per heavy atom. The molecule has 0 N–H and O–H groups in total. The summed E-state index contributed by atoms with van der Waals surface area (Å²) in [5.41, 5.74) is -0.231. The average molecular weight is 279 g/mol. The van der Waals surface area contributed by atoms with Gasteiger partial charge in [-0.3, -0.25) is 0 Å². The zero-order valence-corrected chi connectivity index (χ0v) is 11.6. The van der Waals surface area contributed by atoms with Gasteiger partial charge in [0.1, 0.15) is 5.60 Å². The summed E-state index contributed by atoms with van der Waals surface area (Å²) in [6.07, 6.45) is 5.65. The monoisotopic (exact) mass is 278 g/mol. The van der Waals surface area contributed by atoms with Crippen LogP contribution in [0, 0.1) is 12.3 Å². The summed E-state index contributed by atoms with van der Waals surface area (Å²) < 4.78 is 11.6. The standard InChI is InChI=1S/C15H15ClO3/c1-4-8-15(11-6-5-7-12(16)9-11)13(10-17)18-14(2,3)19-15/h1,5-7,9-10,13H,8H2,2-3H3. The van der Waals surface area contributed by atoms with E-state index in [0.717, 1.165) is 11.8 Å². The lowest BCUT2D eigenvalue weighted by molar-refractivity contribution is -0.165. The molecule has 2 unspecified atom stereocenters. The van der Waals surface area contributed by atoms with Crippen molar-refractivity contribution in [1.82, 2.24) is 0 Å². The van der Waals surface area contributed by atoms with Crippen LogP contribution < -0.4 is 0 Å². The van der Waals surface area contributed by atoms with E-state index in [-0.39, 0.29) is 6.42 Å². The van der Waals surface area contributed by atoms with Gasteiger partial charge in [0.25, 0.3) is 0 Å². The molecule has 1 aliphatic rings. The summed E-state index contributed by atoms with van der Waals surface area (Å²) >= 11 is 6.01. The minimum atomic E-state index is -0.981. The van der Waals surface area contributed by atoms with E-state index in [1.54, 1.807) is 32.0 Å². The van der Waals surface area contributed by atoms with Crippen LogP contribution in [-0.4, -0.2) is 18.2 Å². The number of benzene rings is 1. The van der Waals surface area contributed by atoms with Crippen LogP contribution in [0.4, 0.5) is 0 Å². The normalized spacial score (nSPS) is 28.8. The molecular formula is C15H15ClO3. The van der Waals surface area contributed by atoms with Crippen molar-refractivity contribution in [2.45, 2.75) is 37.8 Å². The molecule has 0 spiro atoms. The van der Waals surface area contributed by atoms with Crippen molar-refractivity contribution in [2.24, 2.45) is 0 Å². The molecule has 1 aromatic rings. The lowest BCUT2D eigenvalue weighted by Crippen LogP contribution is -2.38. The SMILES string of the molecule is C#CCC1(c2cccc(Cl)c2)OC(C)(C)OC1C=O. The number of rotatable bonds is 3. The lowest BCUT2D eigenvalue weighted by atomic mass is 9.86. The zero-order chi connectivity index (χ0) is 14.1. The van der Waals surface area contributed by atoms with Crippen LogP contribution in [0.2, 0.25) is 5.02 Å². The zero-order valence-electron chi connectivity index (χ0n) is 10.9. The van der Waals surface area contributed by atoms with Crippen molar-refractivity contribution in [3.05, 3.63) is 34.9 Å². The van der Waals surface area contributed by atoms with Gasteiger partial charge >= 0.3 is 0 Å². The molecule has 1 saturated heterocycles. The molecule has 0 saturated carbocycles. The van der Waals surface area contributed by atoms with Crippen LogP contribution in [0.3, 0.4) is 0 Å². The second-order valence-corrected chi connectivity index (χ2v) is 5.39. The van der Waals surface area contributed by atoms with Crippen molar-refractivity contribution in [2.75, 3.05) is 0 Å². The Kier molecular flexibility index (Phi) is 3.69. The fraction of sp³-hybridized carbons (Fsp3) is 0.400. The number of hydrogen-bond donors (Lipinski definition) is 0. The Hall–Kier alpha value is -1.34. The third-order valence-corrected chi connectivity index (χ3v) is 3.33. The molecule has 1 aromatic carbocycles. The first-order chi connectivity index (χ1) is 8.93. The van der Waals surface area contributed by atoms with Crippen molar-refractivity contribution < 1.29 is 14.3 Å². The minimum Gasteiger partial charge on any atom is -0.336 e. The third-order valence-electron chi connectivity index (χ3n) is 3.10. The van der Waals surface area contributed by atoms with Crippen LogP contribution in [0.1, 0.15) is 25.8 Å². The molecule has 1 aliphatic heterocycles. The first kappa shape index (κ1) is 14.1. The van der Waals surface area contributed by atoms with Gasteiger partial charge < -0.3 is 14.3 Å². The minimum absolute atomic E-state index is 0.236. The number of ether oxygens (including phenoxy) is 2. The summed E-state index contributed by atoms with van der Waals surface area (Å²) in [5, 5.41) is 0.562. The highest BCUT2D eigenvalue weighted by atomic mass is 35.5. The Bertz CT molecular complexity index is 532. The molecule has 0 radical (unpaired) electrons. The number of hydrogen-bond acceptors (Lipinski definition) is 3. The second-order valence-electron chi connectivity index (χ2n) is 4.96. The molecule has 2 rings (SSSR count). The largest absolute Gasteiger partial charge is 0.336 e. The Labute approximate surface area is 117 Å². The molecule has 2 atom stereocenters.